The van der Waals surface area contributed by atoms with Crippen LogP contribution < -0.4 is 9.64 Å². The zero-order valence-electron chi connectivity index (χ0n) is 16.1. The summed E-state index contributed by atoms with van der Waals surface area (Å²) < 4.78 is 10.4. The first-order chi connectivity index (χ1) is 14.0. The fourth-order valence-corrected chi connectivity index (χ4v) is 3.27. The third kappa shape index (κ3) is 4.25. The van der Waals surface area contributed by atoms with Gasteiger partial charge >= 0.3 is 5.97 Å². The van der Waals surface area contributed by atoms with E-state index >= 15 is 0 Å². The van der Waals surface area contributed by atoms with Gasteiger partial charge in [0.15, 0.2) is 0 Å². The van der Waals surface area contributed by atoms with Crippen molar-refractivity contribution in [3.63, 3.8) is 0 Å². The molecule has 0 unspecified atom stereocenters. The van der Waals surface area contributed by atoms with Crippen molar-refractivity contribution in [1.29, 1.82) is 0 Å². The molecule has 3 rings (SSSR count). The fourth-order valence-electron chi connectivity index (χ4n) is 3.09. The maximum atomic E-state index is 13.2. The second kappa shape index (κ2) is 8.80. The number of amides is 1. The van der Waals surface area contributed by atoms with E-state index in [1.165, 1.54) is 12.0 Å². The number of hydrogen-bond donors (Lipinski definition) is 0. The first-order valence-corrected chi connectivity index (χ1v) is 9.29. The summed E-state index contributed by atoms with van der Waals surface area (Å²) in [6, 6.07) is 14.1. The predicted molar refractivity (Wildman–Crippen MR) is 114 cm³/mol. The van der Waals surface area contributed by atoms with Gasteiger partial charge in [-0.05, 0) is 48.9 Å². The molecule has 0 aromatic heterocycles. The fraction of sp³-hybridized carbons (Fsp3) is 0.130. The van der Waals surface area contributed by atoms with Crippen molar-refractivity contribution >= 4 is 35.2 Å². The number of rotatable bonds is 6. The zero-order valence-corrected chi connectivity index (χ0v) is 16.9. The van der Waals surface area contributed by atoms with E-state index in [0.717, 1.165) is 5.56 Å². The molecule has 2 aromatic rings. The Morgan fingerprint density at radius 1 is 1.21 bits per heavy atom. The second-order valence-electron chi connectivity index (χ2n) is 6.30. The standard InChI is InChI=1S/C23H20ClNO4/c1-4-12-29-19-10-8-16(9-11-19)13-20-21(23(27)28-3)15(2)25(22(20)26)18-7-5-6-17(24)14-18/h4-11,13-14H,1,12H2,2-3H3. The molecule has 148 valence electrons. The molecule has 0 radical (unpaired) electrons. The predicted octanol–water partition coefficient (Wildman–Crippen LogP) is 4.78. The summed E-state index contributed by atoms with van der Waals surface area (Å²) in [5.74, 6) is -0.208. The third-order valence-corrected chi connectivity index (χ3v) is 4.65. The number of carbonyl (C=O) groups excluding carboxylic acids is 2. The van der Waals surface area contributed by atoms with Crippen LogP contribution in [0.25, 0.3) is 6.08 Å². The number of esters is 1. The van der Waals surface area contributed by atoms with Gasteiger partial charge < -0.3 is 9.47 Å². The van der Waals surface area contributed by atoms with E-state index < -0.39 is 5.97 Å². The molecule has 0 saturated heterocycles. The highest BCUT2D eigenvalue weighted by Gasteiger charge is 2.37. The Balaban J connectivity index is 2.02. The van der Waals surface area contributed by atoms with Gasteiger partial charge in [0, 0.05) is 10.7 Å². The Kier molecular flexibility index (Phi) is 6.20. The first-order valence-electron chi connectivity index (χ1n) is 8.91. The molecule has 6 heteroatoms. The lowest BCUT2D eigenvalue weighted by Gasteiger charge is -2.18. The molecule has 0 atom stereocenters. The summed E-state index contributed by atoms with van der Waals surface area (Å²) in [6.07, 6.45) is 3.33. The van der Waals surface area contributed by atoms with Crippen LogP contribution in [0, 0.1) is 0 Å². The van der Waals surface area contributed by atoms with Crippen LogP contribution in [0.2, 0.25) is 5.02 Å². The van der Waals surface area contributed by atoms with Crippen molar-refractivity contribution in [3.8, 4) is 5.75 Å². The van der Waals surface area contributed by atoms with Crippen LogP contribution in [-0.4, -0.2) is 25.6 Å². The van der Waals surface area contributed by atoms with Gasteiger partial charge in [-0.3, -0.25) is 9.69 Å². The summed E-state index contributed by atoms with van der Waals surface area (Å²) >= 11 is 6.08. The number of ether oxygens (including phenoxy) is 2. The van der Waals surface area contributed by atoms with E-state index in [1.807, 2.05) is 12.1 Å². The van der Waals surface area contributed by atoms with Crippen molar-refractivity contribution < 1.29 is 19.1 Å². The normalized spacial score (nSPS) is 15.1. The minimum Gasteiger partial charge on any atom is -0.490 e. The number of nitrogens with zero attached hydrogens (tertiary/aromatic N) is 1. The van der Waals surface area contributed by atoms with E-state index in [0.29, 0.717) is 28.8 Å². The zero-order chi connectivity index (χ0) is 21.0. The highest BCUT2D eigenvalue weighted by atomic mass is 35.5. The molecule has 1 aliphatic heterocycles. The van der Waals surface area contributed by atoms with E-state index in [2.05, 4.69) is 6.58 Å². The van der Waals surface area contributed by atoms with Crippen LogP contribution in [-0.2, 0) is 14.3 Å². The van der Waals surface area contributed by atoms with Crippen molar-refractivity contribution in [2.75, 3.05) is 18.6 Å². The van der Waals surface area contributed by atoms with Crippen LogP contribution in [0.3, 0.4) is 0 Å². The summed E-state index contributed by atoms with van der Waals surface area (Å²) in [4.78, 5) is 27.1. The van der Waals surface area contributed by atoms with Crippen LogP contribution in [0.15, 0.2) is 78.0 Å². The molecule has 1 amide bonds. The van der Waals surface area contributed by atoms with Gasteiger partial charge in [-0.25, -0.2) is 4.79 Å². The van der Waals surface area contributed by atoms with E-state index in [1.54, 1.807) is 55.5 Å². The minimum atomic E-state index is -0.572. The number of hydrogen-bond acceptors (Lipinski definition) is 4. The topological polar surface area (TPSA) is 55.8 Å². The lowest BCUT2D eigenvalue weighted by atomic mass is 10.0. The van der Waals surface area contributed by atoms with Crippen molar-refractivity contribution in [3.05, 3.63) is 88.6 Å². The molecule has 0 bridgehead atoms. The van der Waals surface area contributed by atoms with Gasteiger partial charge in [0.2, 0.25) is 0 Å². The van der Waals surface area contributed by atoms with Gasteiger partial charge in [0.1, 0.15) is 12.4 Å². The van der Waals surface area contributed by atoms with E-state index in [4.69, 9.17) is 21.1 Å². The number of methoxy groups -OCH3 is 1. The molecule has 2 aromatic carbocycles. The maximum Gasteiger partial charge on any atom is 0.340 e. The van der Waals surface area contributed by atoms with Crippen molar-refractivity contribution in [1.82, 2.24) is 0 Å². The molecule has 0 saturated carbocycles. The van der Waals surface area contributed by atoms with Gasteiger partial charge in [-0.15, -0.1) is 0 Å². The third-order valence-electron chi connectivity index (χ3n) is 4.41. The van der Waals surface area contributed by atoms with Gasteiger partial charge in [-0.1, -0.05) is 42.5 Å². The number of benzene rings is 2. The summed E-state index contributed by atoms with van der Waals surface area (Å²) in [7, 11) is 1.29. The monoisotopic (exact) mass is 409 g/mol. The maximum absolute atomic E-state index is 13.2. The highest BCUT2D eigenvalue weighted by molar-refractivity contribution is 6.31. The molecule has 0 spiro atoms. The van der Waals surface area contributed by atoms with E-state index in [-0.39, 0.29) is 17.1 Å². The molecule has 1 heterocycles. The van der Waals surface area contributed by atoms with Crippen LogP contribution in [0.1, 0.15) is 12.5 Å². The average molecular weight is 410 g/mol. The van der Waals surface area contributed by atoms with Gasteiger partial charge in [0.25, 0.3) is 5.91 Å². The number of anilines is 1. The Morgan fingerprint density at radius 3 is 2.55 bits per heavy atom. The average Bonchev–Trinajstić information content (AvgIpc) is 2.96. The number of halogens is 1. The Morgan fingerprint density at radius 2 is 1.93 bits per heavy atom. The molecular weight excluding hydrogens is 390 g/mol. The van der Waals surface area contributed by atoms with Gasteiger partial charge in [-0.2, -0.15) is 0 Å². The number of allylic oxidation sites excluding steroid dienone is 1. The summed E-state index contributed by atoms with van der Waals surface area (Å²) in [5, 5.41) is 0.496. The quantitative estimate of drug-likeness (QED) is 0.391. The molecular formula is C23H20ClNO4. The molecule has 0 aliphatic carbocycles. The van der Waals surface area contributed by atoms with Crippen LogP contribution in [0.4, 0.5) is 5.69 Å². The molecule has 1 aliphatic rings. The van der Waals surface area contributed by atoms with Crippen LogP contribution in [0.5, 0.6) is 5.75 Å². The minimum absolute atomic E-state index is 0.226. The summed E-state index contributed by atoms with van der Waals surface area (Å²) in [5.41, 5.74) is 2.30. The Labute approximate surface area is 174 Å². The smallest absolute Gasteiger partial charge is 0.340 e. The van der Waals surface area contributed by atoms with Crippen molar-refractivity contribution in [2.45, 2.75) is 6.92 Å². The molecule has 29 heavy (non-hydrogen) atoms. The SMILES string of the molecule is C=CCOc1ccc(C=C2C(=O)N(c3cccc(Cl)c3)C(C)=C2C(=O)OC)cc1. The lowest BCUT2D eigenvalue weighted by Crippen LogP contribution is -2.24. The Bertz CT molecular complexity index is 1020. The van der Waals surface area contributed by atoms with Gasteiger partial charge in [0.05, 0.1) is 23.9 Å². The molecule has 0 fully saturated rings. The van der Waals surface area contributed by atoms with E-state index in [9.17, 15) is 9.59 Å². The number of carbonyl (C=O) groups is 2. The molecule has 0 N–H and O–H groups in total. The Hall–Kier alpha value is -3.31. The van der Waals surface area contributed by atoms with Crippen molar-refractivity contribution in [2.24, 2.45) is 0 Å². The lowest BCUT2D eigenvalue weighted by molar-refractivity contribution is -0.136. The highest BCUT2D eigenvalue weighted by Crippen LogP contribution is 2.36. The molecule has 5 nitrogen and oxygen atoms in total. The second-order valence-corrected chi connectivity index (χ2v) is 6.74. The first kappa shape index (κ1) is 20.4. The van der Waals surface area contributed by atoms with Crippen LogP contribution >= 0.6 is 11.6 Å². The largest absolute Gasteiger partial charge is 0.490 e. The summed E-state index contributed by atoms with van der Waals surface area (Å²) in [6.45, 7) is 5.72.